The number of rotatable bonds is 4. The maximum atomic E-state index is 6.11. The van der Waals surface area contributed by atoms with Crippen LogP contribution in [0.2, 0.25) is 0 Å². The van der Waals surface area contributed by atoms with E-state index in [1.165, 1.54) is 0 Å². The molecule has 2 aliphatic heterocycles. The van der Waals surface area contributed by atoms with Gasteiger partial charge in [-0.05, 0) is 71.7 Å². The van der Waals surface area contributed by atoms with Crippen molar-refractivity contribution in [3.05, 3.63) is 153 Å². The predicted molar refractivity (Wildman–Crippen MR) is 203 cm³/mol. The summed E-state index contributed by atoms with van der Waals surface area (Å²) in [6, 6.07) is 35.4. The number of aliphatic imine (C=N–C) groups is 2. The second-order valence-electron chi connectivity index (χ2n) is 12.3. The molecule has 0 amide bonds. The lowest BCUT2D eigenvalue weighted by Gasteiger charge is -2.18. The van der Waals surface area contributed by atoms with E-state index >= 15 is 0 Å². The van der Waals surface area contributed by atoms with Crippen LogP contribution in [-0.2, 0) is 0 Å². The summed E-state index contributed by atoms with van der Waals surface area (Å²) in [6.07, 6.45) is 8.40. The third-order valence-electron chi connectivity index (χ3n) is 9.61. The van der Waals surface area contributed by atoms with E-state index in [0.29, 0.717) is 0 Å². The van der Waals surface area contributed by atoms with Gasteiger partial charge in [0.25, 0.3) is 0 Å². The molecular formula is C43H32N4O2. The first-order valence-corrected chi connectivity index (χ1v) is 16.3. The zero-order valence-corrected chi connectivity index (χ0v) is 27.3. The first kappa shape index (κ1) is 28.8. The summed E-state index contributed by atoms with van der Waals surface area (Å²) in [5, 5.41) is 7.45. The predicted octanol–water partition coefficient (Wildman–Crippen LogP) is 10.2. The molecule has 0 saturated carbocycles. The second-order valence-corrected chi connectivity index (χ2v) is 12.3. The van der Waals surface area contributed by atoms with Gasteiger partial charge >= 0.3 is 0 Å². The number of allylic oxidation sites excluding steroid dienone is 4. The summed E-state index contributed by atoms with van der Waals surface area (Å²) in [4.78, 5) is 9.69. The van der Waals surface area contributed by atoms with Crippen molar-refractivity contribution in [2.24, 2.45) is 9.98 Å². The molecule has 0 bridgehead atoms. The van der Waals surface area contributed by atoms with Crippen molar-refractivity contribution in [2.75, 3.05) is 24.9 Å². The highest BCUT2D eigenvalue weighted by molar-refractivity contribution is 6.26. The summed E-state index contributed by atoms with van der Waals surface area (Å²) in [5.74, 6) is 1.53. The average Bonchev–Trinajstić information content (AvgIpc) is 3.37. The van der Waals surface area contributed by atoms with E-state index in [0.717, 1.165) is 107 Å². The highest BCUT2D eigenvalue weighted by Crippen LogP contribution is 2.49. The number of hydrogen-bond acceptors (Lipinski definition) is 6. The fourth-order valence-corrected chi connectivity index (χ4v) is 7.40. The smallest absolute Gasteiger partial charge is 0.132 e. The van der Waals surface area contributed by atoms with E-state index < -0.39 is 0 Å². The molecule has 0 atom stereocenters. The summed E-state index contributed by atoms with van der Waals surface area (Å²) in [7, 11) is 3.44. The van der Waals surface area contributed by atoms with Crippen molar-refractivity contribution in [3.63, 3.8) is 0 Å². The quantitative estimate of drug-likeness (QED) is 0.206. The highest BCUT2D eigenvalue weighted by Gasteiger charge is 2.30. The number of nitrogens with one attached hydrogen (secondary N) is 2. The van der Waals surface area contributed by atoms with Gasteiger partial charge in [-0.2, -0.15) is 0 Å². The Balaban J connectivity index is 1.24. The van der Waals surface area contributed by atoms with Gasteiger partial charge in [0.2, 0.25) is 0 Å². The second kappa shape index (κ2) is 11.4. The topological polar surface area (TPSA) is 67.2 Å². The number of hydrogen-bond donors (Lipinski definition) is 2. The van der Waals surface area contributed by atoms with Gasteiger partial charge in [-0.15, -0.1) is 0 Å². The first-order chi connectivity index (χ1) is 24.1. The minimum absolute atomic E-state index is 0.765. The number of ether oxygens (including phenoxy) is 2. The van der Waals surface area contributed by atoms with Gasteiger partial charge in [0.15, 0.2) is 0 Å². The lowest BCUT2D eigenvalue weighted by molar-refractivity contribution is 0.387. The Morgan fingerprint density at radius 2 is 0.939 bits per heavy atom. The number of nitrogens with zero attached hydrogens (tertiary/aromatic N) is 2. The molecule has 5 aromatic carbocycles. The Morgan fingerprint density at radius 1 is 0.531 bits per heavy atom. The molecule has 2 aliphatic carbocycles. The van der Waals surface area contributed by atoms with E-state index in [9.17, 15) is 0 Å². The standard InChI is InChI=1S/C43H32N4O2/c1-25-42(48-2)26(21-32-28-12-4-6-14-30(28)34-23-44-36-16-8-10-18-38(36)46-40(32)34)20-27(43(25)49-3)22-33-29-13-5-7-15-31(29)35-24-45-37-17-9-11-19-39(37)47-41(33)35/h4-24,46-47H,1-3H3/b32-21+,33-22+. The Morgan fingerprint density at radius 3 is 1.39 bits per heavy atom. The Bertz CT molecular complexity index is 2260. The van der Waals surface area contributed by atoms with Crippen molar-refractivity contribution < 1.29 is 9.47 Å². The molecule has 0 spiro atoms. The van der Waals surface area contributed by atoms with Gasteiger partial charge in [-0.25, -0.2) is 0 Å². The van der Waals surface area contributed by atoms with Crippen molar-refractivity contribution in [2.45, 2.75) is 6.92 Å². The monoisotopic (exact) mass is 636 g/mol. The van der Waals surface area contributed by atoms with Gasteiger partial charge in [0.05, 0.1) is 48.4 Å². The maximum absolute atomic E-state index is 6.11. The molecule has 4 aliphatic rings. The van der Waals surface area contributed by atoms with Crippen LogP contribution in [0.3, 0.4) is 0 Å². The fraction of sp³-hybridized carbons (Fsp3) is 0.0698. The lowest BCUT2D eigenvalue weighted by Crippen LogP contribution is -2.02. The van der Waals surface area contributed by atoms with E-state index in [4.69, 9.17) is 19.5 Å². The van der Waals surface area contributed by atoms with Crippen molar-refractivity contribution >= 4 is 69.6 Å². The molecule has 2 heterocycles. The zero-order chi connectivity index (χ0) is 33.1. The zero-order valence-electron chi connectivity index (χ0n) is 27.3. The molecule has 6 nitrogen and oxygen atoms in total. The third-order valence-corrected chi connectivity index (χ3v) is 9.61. The molecule has 9 rings (SSSR count). The van der Waals surface area contributed by atoms with E-state index in [1.54, 1.807) is 14.2 Å². The van der Waals surface area contributed by atoms with Crippen LogP contribution in [0, 0.1) is 6.92 Å². The number of methoxy groups -OCH3 is 2. The van der Waals surface area contributed by atoms with Crippen LogP contribution in [0.5, 0.6) is 11.5 Å². The van der Waals surface area contributed by atoms with Crippen LogP contribution >= 0.6 is 0 Å². The van der Waals surface area contributed by atoms with Crippen molar-refractivity contribution in [1.82, 2.24) is 0 Å². The van der Waals surface area contributed by atoms with Crippen LogP contribution in [0.25, 0.3) is 34.4 Å². The summed E-state index contributed by atoms with van der Waals surface area (Å²) in [5.41, 5.74) is 17.4. The Hall–Kier alpha value is -6.40. The largest absolute Gasteiger partial charge is 0.496 e. The molecule has 6 heteroatoms. The molecule has 0 saturated heterocycles. The summed E-state index contributed by atoms with van der Waals surface area (Å²) < 4.78 is 12.2. The number of benzene rings is 5. The van der Waals surface area contributed by atoms with Crippen molar-refractivity contribution in [1.29, 1.82) is 0 Å². The van der Waals surface area contributed by atoms with E-state index in [1.807, 2.05) is 48.8 Å². The molecule has 49 heavy (non-hydrogen) atoms. The number of fused-ring (bicyclic) bond motifs is 6. The maximum Gasteiger partial charge on any atom is 0.132 e. The SMILES string of the molecule is COc1c(/C=C2/C3=C(C=Nc4ccccc4N3)c3ccccc32)cc(/C=C2/C3=C(C=Nc4ccccc4N3)c3ccccc32)c(OC)c1C. The van der Waals surface area contributed by atoms with Crippen LogP contribution in [0.4, 0.5) is 22.7 Å². The van der Waals surface area contributed by atoms with Gasteiger partial charge in [0.1, 0.15) is 11.5 Å². The van der Waals surface area contributed by atoms with Gasteiger partial charge in [0, 0.05) is 51.4 Å². The van der Waals surface area contributed by atoms with Gasteiger partial charge in [-0.1, -0.05) is 72.8 Å². The molecule has 0 aromatic heterocycles. The average molecular weight is 637 g/mol. The number of para-hydroxylation sites is 4. The normalized spacial score (nSPS) is 16.6. The summed E-state index contributed by atoms with van der Waals surface area (Å²) in [6.45, 7) is 2.06. The molecular weight excluding hydrogens is 604 g/mol. The first-order valence-electron chi connectivity index (χ1n) is 16.3. The summed E-state index contributed by atoms with van der Waals surface area (Å²) >= 11 is 0. The van der Waals surface area contributed by atoms with Gasteiger partial charge in [-0.3, -0.25) is 9.98 Å². The highest BCUT2D eigenvalue weighted by atomic mass is 16.5. The molecule has 0 unspecified atom stereocenters. The van der Waals surface area contributed by atoms with E-state index in [2.05, 4.69) is 96.4 Å². The molecule has 5 aromatic rings. The molecule has 0 fully saturated rings. The lowest BCUT2D eigenvalue weighted by atomic mass is 9.95. The third kappa shape index (κ3) is 4.56. The van der Waals surface area contributed by atoms with Crippen LogP contribution in [0.15, 0.2) is 125 Å². The van der Waals surface area contributed by atoms with Gasteiger partial charge < -0.3 is 20.1 Å². The van der Waals surface area contributed by atoms with Crippen LogP contribution in [0.1, 0.15) is 38.9 Å². The molecule has 2 N–H and O–H groups in total. The molecule has 0 radical (unpaired) electrons. The van der Waals surface area contributed by atoms with E-state index in [-0.39, 0.29) is 0 Å². The van der Waals surface area contributed by atoms with Crippen LogP contribution in [-0.4, -0.2) is 26.6 Å². The fourth-order valence-electron chi connectivity index (χ4n) is 7.40. The Labute approximate surface area is 285 Å². The van der Waals surface area contributed by atoms with Crippen molar-refractivity contribution in [3.8, 4) is 11.5 Å². The Kier molecular flexibility index (Phi) is 6.69. The minimum atomic E-state index is 0.765. The molecule has 236 valence electrons. The van der Waals surface area contributed by atoms with Crippen LogP contribution < -0.4 is 20.1 Å². The number of anilines is 2. The minimum Gasteiger partial charge on any atom is -0.496 e.